The average molecular weight is 419 g/mol. The molecule has 0 saturated carbocycles. The maximum Gasteiger partial charge on any atom is 0.466 e. The summed E-state index contributed by atoms with van der Waals surface area (Å²) in [5.41, 5.74) is 3.13. The molecule has 0 radical (unpaired) electrons. The number of phosphoric acid groups is 1. The van der Waals surface area contributed by atoms with E-state index in [1.54, 1.807) is 30.3 Å². The molecule has 1 aliphatic rings. The molecule has 3 N–H and O–H groups in total. The Kier molecular flexibility index (Phi) is 7.27. The van der Waals surface area contributed by atoms with E-state index in [9.17, 15) is 9.59 Å². The lowest BCUT2D eigenvalue weighted by molar-refractivity contribution is 0.0979. The van der Waals surface area contributed by atoms with Crippen molar-refractivity contribution >= 4 is 19.4 Å². The Labute approximate surface area is 170 Å². The van der Waals surface area contributed by atoms with Crippen molar-refractivity contribution in [2.75, 3.05) is 0 Å². The molecular weight excluding hydrogens is 393 g/mol. The fraction of sp³-hybridized carbons (Fsp3) is 0.333. The number of ketones is 2. The third-order valence-corrected chi connectivity index (χ3v) is 4.68. The van der Waals surface area contributed by atoms with Gasteiger partial charge >= 0.3 is 7.82 Å². The highest BCUT2D eigenvalue weighted by atomic mass is 31.2. The fourth-order valence-electron chi connectivity index (χ4n) is 3.42. The standard InChI is InChI=1S/C21H23NO2.H3O4P/c1-13(2)22(14(3)4)12-15-9-10-18-19(11-15)21(24)17-8-6-5-7-16(17)20(18)23;1-5(2,3)4/h5-11,13-14H,12H2,1-4H3;(H3,1,2,3,4). The smallest absolute Gasteiger partial charge is 0.303 e. The van der Waals surface area contributed by atoms with E-state index in [0.29, 0.717) is 34.3 Å². The molecule has 0 unspecified atom stereocenters. The molecule has 1 aliphatic carbocycles. The van der Waals surface area contributed by atoms with Gasteiger partial charge in [-0.15, -0.1) is 0 Å². The normalized spacial score (nSPS) is 13.3. The van der Waals surface area contributed by atoms with Gasteiger partial charge in [0, 0.05) is 40.9 Å². The van der Waals surface area contributed by atoms with Crippen LogP contribution in [0.3, 0.4) is 0 Å². The number of hydrogen-bond donors (Lipinski definition) is 3. The number of rotatable bonds is 4. The van der Waals surface area contributed by atoms with Crippen molar-refractivity contribution in [2.24, 2.45) is 0 Å². The lowest BCUT2D eigenvalue weighted by Gasteiger charge is -2.31. The second kappa shape index (κ2) is 9.11. The molecule has 29 heavy (non-hydrogen) atoms. The van der Waals surface area contributed by atoms with Crippen LogP contribution in [0.25, 0.3) is 0 Å². The van der Waals surface area contributed by atoms with Gasteiger partial charge in [-0.05, 0) is 45.4 Å². The van der Waals surface area contributed by atoms with Gasteiger partial charge in [-0.25, -0.2) is 4.57 Å². The molecule has 2 aromatic carbocycles. The van der Waals surface area contributed by atoms with Crippen molar-refractivity contribution in [2.45, 2.75) is 46.3 Å². The quantitative estimate of drug-likeness (QED) is 0.557. The number of carbonyl (C=O) groups excluding carboxylic acids is 2. The first-order chi connectivity index (χ1) is 13.4. The SMILES string of the molecule is CC(C)N(Cc1ccc2c(c1)C(=O)c1ccccc1C2=O)C(C)C.O=P(O)(O)O. The molecule has 7 nitrogen and oxygen atoms in total. The van der Waals surface area contributed by atoms with Gasteiger partial charge in [-0.2, -0.15) is 0 Å². The second-order valence-corrected chi connectivity index (χ2v) is 8.48. The zero-order valence-corrected chi connectivity index (χ0v) is 17.8. The Hall–Kier alpha value is -2.15. The number of fused-ring (bicyclic) bond motifs is 2. The fourth-order valence-corrected chi connectivity index (χ4v) is 3.42. The molecule has 0 aromatic heterocycles. The topological polar surface area (TPSA) is 115 Å². The first kappa shape index (κ1) is 23.1. The van der Waals surface area contributed by atoms with Crippen LogP contribution in [0.15, 0.2) is 42.5 Å². The van der Waals surface area contributed by atoms with E-state index >= 15 is 0 Å². The summed E-state index contributed by atoms with van der Waals surface area (Å²) in [5.74, 6) is -0.112. The molecule has 156 valence electrons. The molecule has 0 amide bonds. The molecule has 0 atom stereocenters. The van der Waals surface area contributed by atoms with E-state index in [2.05, 4.69) is 32.6 Å². The Morgan fingerprint density at radius 3 is 1.66 bits per heavy atom. The van der Waals surface area contributed by atoms with E-state index in [1.807, 2.05) is 12.1 Å². The average Bonchev–Trinajstić information content (AvgIpc) is 2.62. The summed E-state index contributed by atoms with van der Waals surface area (Å²) in [6.45, 7) is 9.45. The van der Waals surface area contributed by atoms with Gasteiger partial charge in [0.1, 0.15) is 0 Å². The van der Waals surface area contributed by atoms with Crippen LogP contribution in [0.1, 0.15) is 65.1 Å². The Morgan fingerprint density at radius 1 is 0.793 bits per heavy atom. The predicted molar refractivity (Wildman–Crippen MR) is 110 cm³/mol. The zero-order valence-electron chi connectivity index (χ0n) is 16.9. The highest BCUT2D eigenvalue weighted by molar-refractivity contribution is 7.45. The van der Waals surface area contributed by atoms with Crippen molar-refractivity contribution in [3.8, 4) is 0 Å². The molecule has 0 bridgehead atoms. The van der Waals surface area contributed by atoms with E-state index in [0.717, 1.165) is 12.1 Å². The summed E-state index contributed by atoms with van der Waals surface area (Å²) >= 11 is 0. The van der Waals surface area contributed by atoms with Crippen molar-refractivity contribution in [1.82, 2.24) is 4.90 Å². The molecule has 0 spiro atoms. The van der Waals surface area contributed by atoms with Crippen LogP contribution in [0.2, 0.25) is 0 Å². The number of carbonyl (C=O) groups is 2. The summed E-state index contributed by atoms with van der Waals surface area (Å²) in [4.78, 5) is 49.4. The summed E-state index contributed by atoms with van der Waals surface area (Å²) in [7, 11) is -4.64. The van der Waals surface area contributed by atoms with E-state index in [1.165, 1.54) is 0 Å². The number of benzene rings is 2. The minimum atomic E-state index is -4.64. The first-order valence-electron chi connectivity index (χ1n) is 9.25. The van der Waals surface area contributed by atoms with Crippen LogP contribution in [-0.4, -0.2) is 43.2 Å². The Bertz CT molecular complexity index is 947. The number of nitrogens with zero attached hydrogens (tertiary/aromatic N) is 1. The molecule has 0 aliphatic heterocycles. The van der Waals surface area contributed by atoms with E-state index < -0.39 is 7.82 Å². The molecule has 0 heterocycles. The van der Waals surface area contributed by atoms with Crippen LogP contribution in [0, 0.1) is 0 Å². The van der Waals surface area contributed by atoms with Crippen LogP contribution < -0.4 is 0 Å². The van der Waals surface area contributed by atoms with Gasteiger partial charge in [0.2, 0.25) is 0 Å². The third-order valence-electron chi connectivity index (χ3n) is 4.68. The first-order valence-corrected chi connectivity index (χ1v) is 10.8. The van der Waals surface area contributed by atoms with Gasteiger partial charge in [0.25, 0.3) is 0 Å². The summed E-state index contributed by atoms with van der Waals surface area (Å²) in [5, 5.41) is 0. The summed E-state index contributed by atoms with van der Waals surface area (Å²) < 4.78 is 8.88. The van der Waals surface area contributed by atoms with Crippen LogP contribution in [0.5, 0.6) is 0 Å². The Balaban J connectivity index is 0.000000537. The molecule has 2 aromatic rings. The minimum Gasteiger partial charge on any atom is -0.303 e. The van der Waals surface area contributed by atoms with Crippen LogP contribution in [0.4, 0.5) is 0 Å². The van der Waals surface area contributed by atoms with Crippen molar-refractivity contribution in [1.29, 1.82) is 0 Å². The predicted octanol–water partition coefficient (Wildman–Crippen LogP) is 3.15. The lowest BCUT2D eigenvalue weighted by Crippen LogP contribution is -2.36. The zero-order chi connectivity index (χ0) is 21.9. The van der Waals surface area contributed by atoms with Gasteiger partial charge in [0.15, 0.2) is 11.6 Å². The van der Waals surface area contributed by atoms with Gasteiger partial charge in [-0.1, -0.05) is 30.3 Å². The molecule has 3 rings (SSSR count). The van der Waals surface area contributed by atoms with Crippen LogP contribution >= 0.6 is 7.82 Å². The third kappa shape index (κ3) is 5.92. The lowest BCUT2D eigenvalue weighted by atomic mass is 9.83. The molecule has 0 saturated heterocycles. The molecule has 0 fully saturated rings. The Morgan fingerprint density at radius 2 is 1.21 bits per heavy atom. The maximum absolute atomic E-state index is 12.8. The largest absolute Gasteiger partial charge is 0.466 e. The van der Waals surface area contributed by atoms with Crippen molar-refractivity contribution < 1.29 is 28.8 Å². The van der Waals surface area contributed by atoms with Gasteiger partial charge in [-0.3, -0.25) is 14.5 Å². The van der Waals surface area contributed by atoms with Crippen LogP contribution in [-0.2, 0) is 11.1 Å². The summed E-state index contributed by atoms with van der Waals surface area (Å²) in [6.07, 6.45) is 0. The summed E-state index contributed by atoms with van der Waals surface area (Å²) in [6, 6.07) is 13.6. The van der Waals surface area contributed by atoms with E-state index in [4.69, 9.17) is 19.2 Å². The van der Waals surface area contributed by atoms with Crippen molar-refractivity contribution in [3.05, 3.63) is 70.3 Å². The van der Waals surface area contributed by atoms with Gasteiger partial charge in [0.05, 0.1) is 0 Å². The number of hydrogen-bond acceptors (Lipinski definition) is 4. The molecular formula is C21H26NO6P. The monoisotopic (exact) mass is 419 g/mol. The minimum absolute atomic E-state index is 0.0531. The van der Waals surface area contributed by atoms with E-state index in [-0.39, 0.29) is 11.6 Å². The van der Waals surface area contributed by atoms with Crippen molar-refractivity contribution in [3.63, 3.8) is 0 Å². The van der Waals surface area contributed by atoms with Gasteiger partial charge < -0.3 is 14.7 Å². The highest BCUT2D eigenvalue weighted by Crippen LogP contribution is 2.28. The highest BCUT2D eigenvalue weighted by Gasteiger charge is 2.29. The second-order valence-electron chi connectivity index (χ2n) is 7.46. The molecule has 8 heteroatoms. The maximum atomic E-state index is 12.8.